The number of ether oxygens (including phenoxy) is 3. The van der Waals surface area contributed by atoms with Crippen molar-refractivity contribution in [2.45, 2.75) is 44.6 Å². The molecule has 354 valence electrons. The van der Waals surface area contributed by atoms with Crippen molar-refractivity contribution in [1.29, 1.82) is 0 Å². The van der Waals surface area contributed by atoms with Gasteiger partial charge in [0.25, 0.3) is 5.91 Å². The van der Waals surface area contributed by atoms with Crippen LogP contribution in [0.4, 0.5) is 26.1 Å². The van der Waals surface area contributed by atoms with E-state index >= 15 is 0 Å². The summed E-state index contributed by atoms with van der Waals surface area (Å²) in [6, 6.07) is 20.3. The number of imide groups is 1. The molecular weight excluding hydrogens is 918 g/mol. The van der Waals surface area contributed by atoms with Gasteiger partial charge < -0.3 is 34.9 Å². The number of carbonyl (C=O) groups excluding carboxylic acids is 4. The standard InChI is InChI=1S/C48H43ClF2N10O8/c49-30-6-10-35-36(19-30)45(43-37(50)2-1-3-38(43)51)52-20-29-21-53-48(57-44(29)35)55-31-7-4-27(5-8-31)39-24-60(59-58-39)23-33(62)25-68-16-14-67-15-17-69-26-42(64)54-32-9-11-34-28(18-32)22-61(47(34)66)40-12-13-41(63)56-46(40)65/h1-11,18-19,21,24,33,40,62H,12-17,20,22-23,25-26H2,(H,54,64)(H,53,55,57)(H,56,63,65). The number of benzene rings is 4. The van der Waals surface area contributed by atoms with Crippen LogP contribution in [-0.2, 0) is 48.2 Å². The van der Waals surface area contributed by atoms with Crippen LogP contribution in [0.15, 0.2) is 96.2 Å². The third-order valence-corrected chi connectivity index (χ3v) is 11.7. The molecule has 3 aliphatic rings. The van der Waals surface area contributed by atoms with Gasteiger partial charge in [-0.05, 0) is 66.6 Å². The van der Waals surface area contributed by atoms with Gasteiger partial charge in [-0.2, -0.15) is 0 Å². The molecule has 0 spiro atoms. The third-order valence-electron chi connectivity index (χ3n) is 11.4. The molecule has 3 aliphatic heterocycles. The average Bonchev–Trinajstić information content (AvgIpc) is 3.88. The highest BCUT2D eigenvalue weighted by atomic mass is 35.5. The molecule has 5 heterocycles. The summed E-state index contributed by atoms with van der Waals surface area (Å²) in [6.45, 7) is 1.05. The fraction of sp³-hybridized carbons (Fsp3) is 0.271. The third kappa shape index (κ3) is 10.8. The van der Waals surface area contributed by atoms with Gasteiger partial charge in [-0.1, -0.05) is 41.1 Å². The van der Waals surface area contributed by atoms with Crippen molar-refractivity contribution in [2.75, 3.05) is 50.3 Å². The minimum Gasteiger partial charge on any atom is -0.389 e. The molecule has 2 aromatic heterocycles. The molecule has 6 aromatic rings. The Kier molecular flexibility index (Phi) is 14.1. The summed E-state index contributed by atoms with van der Waals surface area (Å²) in [4.78, 5) is 64.5. The van der Waals surface area contributed by atoms with Gasteiger partial charge in [0.05, 0.1) is 75.4 Å². The zero-order chi connectivity index (χ0) is 48.0. The van der Waals surface area contributed by atoms with E-state index in [0.717, 1.165) is 5.56 Å². The Labute approximate surface area is 397 Å². The number of aliphatic hydroxyl groups is 1. The molecule has 69 heavy (non-hydrogen) atoms. The molecule has 2 unspecified atom stereocenters. The van der Waals surface area contributed by atoms with Gasteiger partial charge in [0.15, 0.2) is 0 Å². The Hall–Kier alpha value is -7.36. The van der Waals surface area contributed by atoms with E-state index in [2.05, 4.69) is 36.2 Å². The summed E-state index contributed by atoms with van der Waals surface area (Å²) in [6.07, 6.45) is 2.90. The molecule has 9 rings (SSSR count). The van der Waals surface area contributed by atoms with Gasteiger partial charge in [-0.3, -0.25) is 29.5 Å². The molecular formula is C48H43ClF2N10O8. The number of amides is 4. The molecule has 1 saturated heterocycles. The van der Waals surface area contributed by atoms with Crippen molar-refractivity contribution < 1.29 is 47.3 Å². The van der Waals surface area contributed by atoms with E-state index < -0.39 is 35.6 Å². The maximum Gasteiger partial charge on any atom is 0.255 e. The summed E-state index contributed by atoms with van der Waals surface area (Å²) >= 11 is 6.35. The Balaban J connectivity index is 0.674. The van der Waals surface area contributed by atoms with E-state index in [9.17, 15) is 33.1 Å². The van der Waals surface area contributed by atoms with Gasteiger partial charge >= 0.3 is 0 Å². The lowest BCUT2D eigenvalue weighted by Gasteiger charge is -2.29. The van der Waals surface area contributed by atoms with Crippen molar-refractivity contribution >= 4 is 58.3 Å². The molecule has 21 heteroatoms. The predicted octanol–water partition coefficient (Wildman–Crippen LogP) is 5.24. The van der Waals surface area contributed by atoms with Gasteiger partial charge in [0.2, 0.25) is 23.7 Å². The maximum atomic E-state index is 14.9. The molecule has 4 N–H and O–H groups in total. The fourth-order valence-electron chi connectivity index (χ4n) is 8.14. The summed E-state index contributed by atoms with van der Waals surface area (Å²) in [5, 5.41) is 27.6. The number of nitrogens with zero attached hydrogens (tertiary/aromatic N) is 7. The first-order valence-electron chi connectivity index (χ1n) is 21.9. The second-order valence-electron chi connectivity index (χ2n) is 16.3. The van der Waals surface area contributed by atoms with Crippen LogP contribution >= 0.6 is 11.6 Å². The van der Waals surface area contributed by atoms with E-state index in [-0.39, 0.29) is 95.2 Å². The van der Waals surface area contributed by atoms with Crippen LogP contribution in [0.25, 0.3) is 22.5 Å². The lowest BCUT2D eigenvalue weighted by molar-refractivity contribution is -0.137. The summed E-state index contributed by atoms with van der Waals surface area (Å²) in [7, 11) is 0. The number of fused-ring (bicyclic) bond motifs is 4. The highest BCUT2D eigenvalue weighted by Gasteiger charge is 2.39. The first-order chi connectivity index (χ1) is 33.5. The van der Waals surface area contributed by atoms with Crippen molar-refractivity contribution in [3.63, 3.8) is 0 Å². The number of aliphatic hydroxyl groups excluding tert-OH is 1. The number of halogens is 3. The predicted molar refractivity (Wildman–Crippen MR) is 247 cm³/mol. The number of nitrogens with one attached hydrogen (secondary N) is 3. The van der Waals surface area contributed by atoms with E-state index in [0.29, 0.717) is 61.6 Å². The second-order valence-corrected chi connectivity index (χ2v) is 16.7. The van der Waals surface area contributed by atoms with Crippen molar-refractivity contribution in [3.05, 3.63) is 136 Å². The van der Waals surface area contributed by atoms with Gasteiger partial charge in [-0.25, -0.2) is 23.4 Å². The number of carbonyl (C=O) groups is 4. The number of rotatable bonds is 18. The lowest BCUT2D eigenvalue weighted by Crippen LogP contribution is -2.52. The molecule has 4 aromatic carbocycles. The first-order valence-corrected chi connectivity index (χ1v) is 22.3. The van der Waals surface area contributed by atoms with Crippen LogP contribution in [0.2, 0.25) is 5.02 Å². The van der Waals surface area contributed by atoms with Gasteiger partial charge in [0.1, 0.15) is 30.0 Å². The SMILES string of the molecule is O=C1CCC(N2Cc3cc(NC(=O)COCCOCCOCC(O)Cn4cc(-c5ccc(Nc6ncc7c(n6)-c6ccc(Cl)cc6C(c6c(F)cccc6F)=NC7)cc5)nn4)ccc3C2=O)C(=O)N1. The lowest BCUT2D eigenvalue weighted by atomic mass is 9.95. The van der Waals surface area contributed by atoms with Crippen LogP contribution in [0.3, 0.4) is 0 Å². The highest BCUT2D eigenvalue weighted by molar-refractivity contribution is 6.31. The van der Waals surface area contributed by atoms with Crippen LogP contribution in [0.1, 0.15) is 45.5 Å². The number of hydrogen-bond donors (Lipinski definition) is 4. The van der Waals surface area contributed by atoms with Crippen LogP contribution < -0.4 is 16.0 Å². The molecule has 0 radical (unpaired) electrons. The van der Waals surface area contributed by atoms with Crippen molar-refractivity contribution in [2.24, 2.45) is 4.99 Å². The van der Waals surface area contributed by atoms with Crippen molar-refractivity contribution in [3.8, 4) is 22.5 Å². The molecule has 4 amide bonds. The number of aromatic nitrogens is 5. The van der Waals surface area contributed by atoms with Crippen molar-refractivity contribution in [1.82, 2.24) is 35.2 Å². The molecule has 18 nitrogen and oxygen atoms in total. The molecule has 0 bridgehead atoms. The maximum absolute atomic E-state index is 14.9. The largest absolute Gasteiger partial charge is 0.389 e. The second kappa shape index (κ2) is 20.9. The fourth-order valence-corrected chi connectivity index (χ4v) is 8.31. The molecule has 0 saturated carbocycles. The van der Waals surface area contributed by atoms with E-state index in [4.69, 9.17) is 30.8 Å². The zero-order valence-electron chi connectivity index (χ0n) is 36.7. The molecule has 1 fully saturated rings. The smallest absolute Gasteiger partial charge is 0.255 e. The Morgan fingerprint density at radius 2 is 1.65 bits per heavy atom. The zero-order valence-corrected chi connectivity index (χ0v) is 37.4. The Bertz CT molecular complexity index is 2950. The quantitative estimate of drug-likeness (QED) is 0.0640. The first kappa shape index (κ1) is 46.7. The van der Waals surface area contributed by atoms with Crippen LogP contribution in [0, 0.1) is 11.6 Å². The summed E-state index contributed by atoms with van der Waals surface area (Å²) in [5.74, 6) is -2.72. The topological polar surface area (TPSA) is 224 Å². The summed E-state index contributed by atoms with van der Waals surface area (Å²) in [5.41, 5.74) is 5.79. The summed E-state index contributed by atoms with van der Waals surface area (Å²) < 4.78 is 47.9. The van der Waals surface area contributed by atoms with Gasteiger partial charge in [-0.15, -0.1) is 5.10 Å². The number of piperidine rings is 1. The number of aliphatic imine (C=N–C) groups is 1. The molecule has 2 atom stereocenters. The monoisotopic (exact) mass is 960 g/mol. The van der Waals surface area contributed by atoms with Gasteiger partial charge in [0, 0.05) is 63.4 Å². The van der Waals surface area contributed by atoms with Crippen LogP contribution in [0.5, 0.6) is 0 Å². The normalized spacial score (nSPS) is 15.7. The Morgan fingerprint density at radius 3 is 2.45 bits per heavy atom. The van der Waals surface area contributed by atoms with E-state index in [1.165, 1.54) is 27.8 Å². The van der Waals surface area contributed by atoms with Crippen LogP contribution in [-0.4, -0.2) is 116 Å². The van der Waals surface area contributed by atoms with E-state index in [1.54, 1.807) is 48.8 Å². The minimum atomic E-state index is -0.868. The number of anilines is 3. The minimum absolute atomic E-state index is 0.0316. The Morgan fingerprint density at radius 1 is 0.899 bits per heavy atom. The molecule has 0 aliphatic carbocycles. The van der Waals surface area contributed by atoms with E-state index in [1.807, 2.05) is 24.3 Å². The average molecular weight is 961 g/mol. The highest BCUT2D eigenvalue weighted by Crippen LogP contribution is 2.35. The number of hydrogen-bond acceptors (Lipinski definition) is 14.